The number of aromatic nitrogens is 2. The van der Waals surface area contributed by atoms with Crippen LogP contribution in [0.2, 0.25) is 0 Å². The quantitative estimate of drug-likeness (QED) is 0.870. The zero-order chi connectivity index (χ0) is 16.4. The maximum absolute atomic E-state index is 12.9. The number of halogens is 3. The van der Waals surface area contributed by atoms with Crippen LogP contribution in [0.3, 0.4) is 0 Å². The van der Waals surface area contributed by atoms with E-state index in [2.05, 4.69) is 14.9 Å². The number of hydrogen-bond donors (Lipinski definition) is 0. The number of hydrogen-bond acceptors (Lipinski definition) is 4. The normalized spacial score (nSPS) is 15.3. The van der Waals surface area contributed by atoms with Crippen molar-refractivity contribution in [2.75, 3.05) is 13.7 Å². The minimum absolute atomic E-state index is 0.0293. The Hall–Kier alpha value is -2.15. The van der Waals surface area contributed by atoms with Gasteiger partial charge in [0.1, 0.15) is 0 Å². The lowest BCUT2D eigenvalue weighted by molar-refractivity contribution is -0.145. The van der Waals surface area contributed by atoms with E-state index >= 15 is 0 Å². The van der Waals surface area contributed by atoms with Crippen molar-refractivity contribution in [1.29, 1.82) is 0 Å². The van der Waals surface area contributed by atoms with Crippen molar-refractivity contribution in [3.8, 4) is 5.88 Å². The van der Waals surface area contributed by atoms with E-state index in [1.54, 1.807) is 0 Å². The van der Waals surface area contributed by atoms with Crippen LogP contribution in [0.5, 0.6) is 5.88 Å². The molecular weight excluding hydrogens is 307 g/mol. The summed E-state index contributed by atoms with van der Waals surface area (Å²) in [5.74, 6) is -1.11. The molecule has 1 aliphatic heterocycles. The fourth-order valence-electron chi connectivity index (χ4n) is 2.72. The van der Waals surface area contributed by atoms with E-state index in [0.717, 1.165) is 12.1 Å². The van der Waals surface area contributed by atoms with Crippen LogP contribution in [0.4, 0.5) is 13.2 Å². The Balaban J connectivity index is 1.87. The van der Waals surface area contributed by atoms with Crippen LogP contribution >= 0.6 is 0 Å². The summed E-state index contributed by atoms with van der Waals surface area (Å²) < 4.78 is 43.8. The molecule has 0 amide bonds. The molecule has 3 rings (SSSR count). The Bertz CT molecular complexity index is 689. The molecular formula is C16H16F3N3O. The Morgan fingerprint density at radius 2 is 1.91 bits per heavy atom. The first-order valence-electron chi connectivity index (χ1n) is 7.24. The molecule has 4 nitrogen and oxygen atoms in total. The highest BCUT2D eigenvalue weighted by molar-refractivity contribution is 5.33. The number of methoxy groups -OCH3 is 1. The molecule has 0 N–H and O–H groups in total. The van der Waals surface area contributed by atoms with Gasteiger partial charge in [-0.15, -0.1) is 0 Å². The number of nitrogens with zero attached hydrogens (tertiary/aromatic N) is 3. The fraction of sp³-hybridized carbons (Fsp3) is 0.375. The van der Waals surface area contributed by atoms with Gasteiger partial charge < -0.3 is 4.74 Å². The molecule has 0 bridgehead atoms. The van der Waals surface area contributed by atoms with Crippen LogP contribution in [-0.2, 0) is 25.7 Å². The molecule has 0 saturated carbocycles. The SMILES string of the molecule is COc1nc(C(F)(F)F)nc2c1CCN(Cc1ccccc1)C2. The average molecular weight is 323 g/mol. The molecule has 1 aromatic heterocycles. The van der Waals surface area contributed by atoms with Crippen LogP contribution in [0.15, 0.2) is 30.3 Å². The van der Waals surface area contributed by atoms with Crippen molar-refractivity contribution in [2.45, 2.75) is 25.7 Å². The fourth-order valence-corrected chi connectivity index (χ4v) is 2.72. The minimum atomic E-state index is -4.58. The first-order chi connectivity index (χ1) is 11.0. The molecule has 122 valence electrons. The van der Waals surface area contributed by atoms with E-state index in [4.69, 9.17) is 4.74 Å². The van der Waals surface area contributed by atoms with Gasteiger partial charge >= 0.3 is 6.18 Å². The van der Waals surface area contributed by atoms with Crippen LogP contribution in [0.1, 0.15) is 22.6 Å². The summed E-state index contributed by atoms with van der Waals surface area (Å²) in [5, 5.41) is 0. The van der Waals surface area contributed by atoms with Crippen molar-refractivity contribution in [2.24, 2.45) is 0 Å². The molecule has 0 fully saturated rings. The van der Waals surface area contributed by atoms with Crippen LogP contribution in [-0.4, -0.2) is 28.5 Å². The molecule has 23 heavy (non-hydrogen) atoms. The summed E-state index contributed by atoms with van der Waals surface area (Å²) in [7, 11) is 1.33. The van der Waals surface area contributed by atoms with Gasteiger partial charge in [-0.05, 0) is 12.0 Å². The van der Waals surface area contributed by atoms with Gasteiger partial charge in [-0.25, -0.2) is 4.98 Å². The molecule has 2 heterocycles. The molecule has 1 aliphatic rings. The molecule has 0 saturated heterocycles. The molecule has 0 atom stereocenters. The Labute approximate surface area is 131 Å². The van der Waals surface area contributed by atoms with Crippen molar-refractivity contribution in [3.63, 3.8) is 0 Å². The summed E-state index contributed by atoms with van der Waals surface area (Å²) >= 11 is 0. The highest BCUT2D eigenvalue weighted by Gasteiger charge is 2.37. The van der Waals surface area contributed by atoms with Gasteiger partial charge in [0.2, 0.25) is 11.7 Å². The number of ether oxygens (including phenoxy) is 1. The molecule has 1 aromatic carbocycles. The molecule has 2 aromatic rings. The van der Waals surface area contributed by atoms with Crippen molar-refractivity contribution in [3.05, 3.63) is 53.0 Å². The third kappa shape index (κ3) is 3.44. The second-order valence-electron chi connectivity index (χ2n) is 5.43. The first-order valence-corrected chi connectivity index (χ1v) is 7.24. The second kappa shape index (κ2) is 6.16. The minimum Gasteiger partial charge on any atom is -0.481 e. The van der Waals surface area contributed by atoms with Crippen molar-refractivity contribution in [1.82, 2.24) is 14.9 Å². The average Bonchev–Trinajstić information content (AvgIpc) is 2.53. The number of benzene rings is 1. The maximum atomic E-state index is 12.9. The monoisotopic (exact) mass is 323 g/mol. The maximum Gasteiger partial charge on any atom is 0.451 e. The van der Waals surface area contributed by atoms with E-state index in [1.165, 1.54) is 7.11 Å². The Kier molecular flexibility index (Phi) is 4.21. The summed E-state index contributed by atoms with van der Waals surface area (Å²) in [6.45, 7) is 1.76. The number of alkyl halides is 3. The van der Waals surface area contributed by atoms with Gasteiger partial charge in [-0.2, -0.15) is 18.2 Å². The number of fused-ring (bicyclic) bond motifs is 1. The highest BCUT2D eigenvalue weighted by atomic mass is 19.4. The van der Waals surface area contributed by atoms with Gasteiger partial charge in [-0.1, -0.05) is 30.3 Å². The topological polar surface area (TPSA) is 38.3 Å². The van der Waals surface area contributed by atoms with Gasteiger partial charge in [0.05, 0.1) is 12.8 Å². The predicted octanol–water partition coefficient (Wildman–Crippen LogP) is 3.06. The summed E-state index contributed by atoms with van der Waals surface area (Å²) in [5.41, 5.74) is 2.18. The Morgan fingerprint density at radius 1 is 1.17 bits per heavy atom. The number of rotatable bonds is 3. The third-order valence-corrected chi connectivity index (χ3v) is 3.80. The van der Waals surface area contributed by atoms with E-state index in [1.807, 2.05) is 30.3 Å². The lowest BCUT2D eigenvalue weighted by Gasteiger charge is -2.29. The molecule has 0 aliphatic carbocycles. The smallest absolute Gasteiger partial charge is 0.451 e. The zero-order valence-electron chi connectivity index (χ0n) is 12.6. The van der Waals surface area contributed by atoms with Crippen molar-refractivity contribution >= 4 is 0 Å². The van der Waals surface area contributed by atoms with Gasteiger partial charge in [-0.3, -0.25) is 4.90 Å². The van der Waals surface area contributed by atoms with Gasteiger partial charge in [0.15, 0.2) is 0 Å². The molecule has 0 spiro atoms. The largest absolute Gasteiger partial charge is 0.481 e. The van der Waals surface area contributed by atoms with Gasteiger partial charge in [0.25, 0.3) is 0 Å². The van der Waals surface area contributed by atoms with Crippen LogP contribution < -0.4 is 4.74 Å². The molecule has 0 unspecified atom stereocenters. The lowest BCUT2D eigenvalue weighted by atomic mass is 10.0. The van der Waals surface area contributed by atoms with E-state index in [9.17, 15) is 13.2 Å². The van der Waals surface area contributed by atoms with Gasteiger partial charge in [0, 0.05) is 25.2 Å². The third-order valence-electron chi connectivity index (χ3n) is 3.80. The molecule has 0 radical (unpaired) electrons. The lowest BCUT2D eigenvalue weighted by Crippen LogP contribution is -2.32. The van der Waals surface area contributed by atoms with E-state index in [-0.39, 0.29) is 5.88 Å². The first kappa shape index (κ1) is 15.7. The van der Waals surface area contributed by atoms with Crippen molar-refractivity contribution < 1.29 is 17.9 Å². The predicted molar refractivity (Wildman–Crippen MR) is 77.8 cm³/mol. The summed E-state index contributed by atoms with van der Waals surface area (Å²) in [6.07, 6.45) is -4.01. The highest BCUT2D eigenvalue weighted by Crippen LogP contribution is 2.32. The molecule has 7 heteroatoms. The van der Waals surface area contributed by atoms with Crippen LogP contribution in [0, 0.1) is 0 Å². The zero-order valence-corrected chi connectivity index (χ0v) is 12.6. The van der Waals surface area contributed by atoms with E-state index in [0.29, 0.717) is 30.8 Å². The Morgan fingerprint density at radius 3 is 2.57 bits per heavy atom. The van der Waals surface area contributed by atoms with Crippen LogP contribution in [0.25, 0.3) is 0 Å². The van der Waals surface area contributed by atoms with E-state index < -0.39 is 12.0 Å². The summed E-state index contributed by atoms with van der Waals surface area (Å²) in [6, 6.07) is 9.82. The second-order valence-corrected chi connectivity index (χ2v) is 5.43. The summed E-state index contributed by atoms with van der Waals surface area (Å²) in [4.78, 5) is 9.31. The standard InChI is InChI=1S/C16H16F3N3O/c1-23-14-12-7-8-22(9-11-5-3-2-4-6-11)10-13(12)20-15(21-14)16(17,18)19/h2-6H,7-10H2,1H3.